The molecule has 1 aliphatic heterocycles. The van der Waals surface area contributed by atoms with Crippen LogP contribution in [-0.4, -0.2) is 22.0 Å². The van der Waals surface area contributed by atoms with E-state index in [0.29, 0.717) is 0 Å². The van der Waals surface area contributed by atoms with Crippen LogP contribution in [0.1, 0.15) is 30.0 Å². The van der Waals surface area contributed by atoms with Gasteiger partial charge in [-0.25, -0.2) is 4.98 Å². The molecule has 2 aromatic rings. The molecule has 2 heterocycles. The van der Waals surface area contributed by atoms with Crippen molar-refractivity contribution in [3.8, 4) is 0 Å². The van der Waals surface area contributed by atoms with Crippen LogP contribution in [0.25, 0.3) is 0 Å². The summed E-state index contributed by atoms with van der Waals surface area (Å²) in [6, 6.07) is 7.93. The number of amides is 1. The quantitative estimate of drug-likeness (QED) is 0.930. The number of carbonyl (C=O) groups excluding carboxylic acids is 1. The van der Waals surface area contributed by atoms with E-state index in [0.717, 1.165) is 24.4 Å². The van der Waals surface area contributed by atoms with Crippen molar-refractivity contribution < 1.29 is 4.79 Å². The highest BCUT2D eigenvalue weighted by molar-refractivity contribution is 5.97. The number of imidazole rings is 1. The molecule has 21 heavy (non-hydrogen) atoms. The summed E-state index contributed by atoms with van der Waals surface area (Å²) in [6.07, 6.45) is 3.60. The first-order chi connectivity index (χ1) is 10.2. The number of aryl methyl sites for hydroxylation is 1. The molecule has 1 aromatic heterocycles. The molecule has 0 bridgehead atoms. The van der Waals surface area contributed by atoms with E-state index in [2.05, 4.69) is 22.5 Å². The lowest BCUT2D eigenvalue weighted by Gasteiger charge is -2.25. The van der Waals surface area contributed by atoms with Crippen molar-refractivity contribution in [1.29, 1.82) is 0 Å². The molecule has 5 nitrogen and oxygen atoms in total. The minimum absolute atomic E-state index is 0.00981. The van der Waals surface area contributed by atoms with Crippen molar-refractivity contribution in [2.24, 2.45) is 12.8 Å². The van der Waals surface area contributed by atoms with E-state index in [4.69, 9.17) is 5.73 Å². The number of nitrogens with zero attached hydrogens (tertiary/aromatic N) is 3. The number of para-hydroxylation sites is 1. The lowest BCUT2D eigenvalue weighted by molar-refractivity contribution is -0.117. The SMILES string of the molecule is CCc1cnc([C@@H]2Cc3ccccc3N2C(=O)CN)n1C. The maximum Gasteiger partial charge on any atom is 0.241 e. The van der Waals surface area contributed by atoms with E-state index in [1.54, 1.807) is 4.90 Å². The van der Waals surface area contributed by atoms with Crippen LogP contribution in [0.5, 0.6) is 0 Å². The minimum Gasteiger partial charge on any atom is -0.333 e. The summed E-state index contributed by atoms with van der Waals surface area (Å²) in [5.41, 5.74) is 8.90. The number of rotatable bonds is 3. The van der Waals surface area contributed by atoms with Gasteiger partial charge in [-0.05, 0) is 18.1 Å². The molecular weight excluding hydrogens is 264 g/mol. The highest BCUT2D eigenvalue weighted by Gasteiger charge is 2.36. The zero-order valence-electron chi connectivity index (χ0n) is 12.4. The lowest BCUT2D eigenvalue weighted by Crippen LogP contribution is -2.37. The van der Waals surface area contributed by atoms with Crippen molar-refractivity contribution in [3.05, 3.63) is 47.5 Å². The Labute approximate surface area is 124 Å². The molecule has 110 valence electrons. The van der Waals surface area contributed by atoms with Gasteiger partial charge in [0.05, 0.1) is 12.6 Å². The van der Waals surface area contributed by atoms with Crippen molar-refractivity contribution in [2.75, 3.05) is 11.4 Å². The number of anilines is 1. The number of hydrogen-bond acceptors (Lipinski definition) is 3. The molecule has 3 rings (SSSR count). The number of hydrogen-bond donors (Lipinski definition) is 1. The Morgan fingerprint density at radius 1 is 1.43 bits per heavy atom. The Morgan fingerprint density at radius 3 is 2.86 bits per heavy atom. The van der Waals surface area contributed by atoms with Crippen LogP contribution in [0.4, 0.5) is 5.69 Å². The fourth-order valence-electron chi connectivity index (χ4n) is 3.10. The van der Waals surface area contributed by atoms with Gasteiger partial charge in [0.2, 0.25) is 5.91 Å². The highest BCUT2D eigenvalue weighted by atomic mass is 16.2. The number of fused-ring (bicyclic) bond motifs is 1. The van der Waals surface area contributed by atoms with Crippen LogP contribution in [0.2, 0.25) is 0 Å². The van der Waals surface area contributed by atoms with E-state index in [1.165, 1.54) is 11.3 Å². The summed E-state index contributed by atoms with van der Waals surface area (Å²) in [5.74, 6) is 0.857. The zero-order chi connectivity index (χ0) is 15.0. The third-order valence-electron chi connectivity index (χ3n) is 4.20. The molecule has 0 unspecified atom stereocenters. The number of nitrogens with two attached hydrogens (primary N) is 1. The predicted molar refractivity (Wildman–Crippen MR) is 82.0 cm³/mol. The monoisotopic (exact) mass is 284 g/mol. The molecule has 0 fully saturated rings. The van der Waals surface area contributed by atoms with Gasteiger partial charge in [-0.15, -0.1) is 0 Å². The molecule has 2 N–H and O–H groups in total. The van der Waals surface area contributed by atoms with Gasteiger partial charge >= 0.3 is 0 Å². The summed E-state index contributed by atoms with van der Waals surface area (Å²) in [6.45, 7) is 2.11. The average molecular weight is 284 g/mol. The molecule has 1 atom stereocenters. The maximum atomic E-state index is 12.3. The van der Waals surface area contributed by atoms with E-state index in [1.807, 2.05) is 31.4 Å². The van der Waals surface area contributed by atoms with Gasteiger partial charge in [-0.3, -0.25) is 4.79 Å². The van der Waals surface area contributed by atoms with Gasteiger partial charge in [0.25, 0.3) is 0 Å². The zero-order valence-corrected chi connectivity index (χ0v) is 12.4. The Kier molecular flexibility index (Phi) is 3.51. The molecule has 1 amide bonds. The Bertz CT molecular complexity index is 677. The summed E-state index contributed by atoms with van der Waals surface area (Å²) in [4.78, 5) is 18.7. The topological polar surface area (TPSA) is 64.2 Å². The number of benzene rings is 1. The first kappa shape index (κ1) is 13.8. The molecule has 5 heteroatoms. The van der Waals surface area contributed by atoms with Crippen molar-refractivity contribution in [3.63, 3.8) is 0 Å². The molecule has 0 spiro atoms. The summed E-state index contributed by atoms with van der Waals surface area (Å²) < 4.78 is 2.09. The molecule has 0 saturated heterocycles. The van der Waals surface area contributed by atoms with Crippen molar-refractivity contribution in [1.82, 2.24) is 9.55 Å². The van der Waals surface area contributed by atoms with E-state index in [9.17, 15) is 4.79 Å². The van der Waals surface area contributed by atoms with Crippen LogP contribution in [0.15, 0.2) is 30.5 Å². The van der Waals surface area contributed by atoms with Gasteiger partial charge in [-0.1, -0.05) is 25.1 Å². The third-order valence-corrected chi connectivity index (χ3v) is 4.20. The van der Waals surface area contributed by atoms with Gasteiger partial charge in [-0.2, -0.15) is 0 Å². The van der Waals surface area contributed by atoms with Crippen LogP contribution in [-0.2, 0) is 24.7 Å². The second-order valence-electron chi connectivity index (χ2n) is 5.34. The minimum atomic E-state index is -0.0660. The maximum absolute atomic E-state index is 12.3. The number of carbonyl (C=O) groups is 1. The van der Waals surface area contributed by atoms with Crippen LogP contribution in [0.3, 0.4) is 0 Å². The second-order valence-corrected chi connectivity index (χ2v) is 5.34. The van der Waals surface area contributed by atoms with Gasteiger partial charge in [0, 0.05) is 31.0 Å². The summed E-state index contributed by atoms with van der Waals surface area (Å²) >= 11 is 0. The van der Waals surface area contributed by atoms with E-state index < -0.39 is 0 Å². The lowest BCUT2D eigenvalue weighted by atomic mass is 10.1. The summed E-state index contributed by atoms with van der Waals surface area (Å²) in [7, 11) is 2.01. The molecule has 0 saturated carbocycles. The van der Waals surface area contributed by atoms with Gasteiger partial charge in [0.1, 0.15) is 5.82 Å². The first-order valence-corrected chi connectivity index (χ1v) is 7.27. The van der Waals surface area contributed by atoms with E-state index in [-0.39, 0.29) is 18.5 Å². The van der Waals surface area contributed by atoms with Crippen LogP contribution in [0, 0.1) is 0 Å². The molecule has 0 aliphatic carbocycles. The third kappa shape index (κ3) is 2.14. The van der Waals surface area contributed by atoms with Gasteiger partial charge in [0.15, 0.2) is 0 Å². The molecule has 1 aromatic carbocycles. The Balaban J connectivity index is 2.06. The van der Waals surface area contributed by atoms with Crippen LogP contribution >= 0.6 is 0 Å². The van der Waals surface area contributed by atoms with Crippen molar-refractivity contribution in [2.45, 2.75) is 25.8 Å². The summed E-state index contributed by atoms with van der Waals surface area (Å²) in [5, 5.41) is 0. The molecular formula is C16H20N4O. The fraction of sp³-hybridized carbons (Fsp3) is 0.375. The standard InChI is InChI=1S/C16H20N4O/c1-3-12-10-18-16(19(12)2)14-8-11-6-4-5-7-13(11)20(14)15(21)9-17/h4-7,10,14H,3,8-9,17H2,1-2H3/t14-/m0/s1. The Hall–Kier alpha value is -2.14. The fourth-order valence-corrected chi connectivity index (χ4v) is 3.10. The Morgan fingerprint density at radius 2 is 2.19 bits per heavy atom. The smallest absolute Gasteiger partial charge is 0.241 e. The first-order valence-electron chi connectivity index (χ1n) is 7.27. The largest absolute Gasteiger partial charge is 0.333 e. The van der Waals surface area contributed by atoms with Gasteiger partial charge < -0.3 is 15.2 Å². The average Bonchev–Trinajstić information content (AvgIpc) is 3.06. The number of aromatic nitrogens is 2. The second kappa shape index (κ2) is 5.33. The van der Waals surface area contributed by atoms with E-state index >= 15 is 0 Å². The van der Waals surface area contributed by atoms with Crippen molar-refractivity contribution >= 4 is 11.6 Å². The normalized spacial score (nSPS) is 17.1. The molecule has 0 radical (unpaired) electrons. The predicted octanol–water partition coefficient (Wildman–Crippen LogP) is 1.57. The highest BCUT2D eigenvalue weighted by Crippen LogP contribution is 2.39. The van der Waals surface area contributed by atoms with Crippen LogP contribution < -0.4 is 10.6 Å². The molecule has 1 aliphatic rings.